The third-order valence-corrected chi connectivity index (χ3v) is 5.79. The molecular formula is C21H17ClIN7O. The molecule has 0 saturated heterocycles. The molecule has 0 aliphatic carbocycles. The lowest BCUT2D eigenvalue weighted by molar-refractivity contribution is 0.0663. The third kappa shape index (κ3) is 4.72. The standard InChI is InChI=1S/C21H17ClIN7O/c1-12(19-25-5-2-6-26-19)30(11-16-4-3-15(22)10-27-16)21(31)14-7-13-8-17(23)18(24)29-20(13)28-9-14/h2-10,12H,11H2,1H3,(H2,24,28,29). The number of carbonyl (C=O) groups excluding carboxylic acids is 1. The Morgan fingerprint density at radius 3 is 2.65 bits per heavy atom. The minimum atomic E-state index is -0.397. The molecule has 0 aliphatic heterocycles. The van der Waals surface area contributed by atoms with Crippen LogP contribution in [-0.4, -0.2) is 35.7 Å². The summed E-state index contributed by atoms with van der Waals surface area (Å²) in [6, 6.07) is 8.49. The van der Waals surface area contributed by atoms with Crippen molar-refractivity contribution in [1.82, 2.24) is 29.8 Å². The Morgan fingerprint density at radius 2 is 1.94 bits per heavy atom. The number of amides is 1. The van der Waals surface area contributed by atoms with E-state index >= 15 is 0 Å². The highest BCUT2D eigenvalue weighted by Gasteiger charge is 2.26. The summed E-state index contributed by atoms with van der Waals surface area (Å²) in [4.78, 5) is 36.8. The Bertz CT molecular complexity index is 1240. The maximum atomic E-state index is 13.6. The van der Waals surface area contributed by atoms with Crippen molar-refractivity contribution in [3.05, 3.63) is 80.8 Å². The van der Waals surface area contributed by atoms with Gasteiger partial charge >= 0.3 is 0 Å². The van der Waals surface area contributed by atoms with Crippen molar-refractivity contribution < 1.29 is 4.79 Å². The molecule has 0 bridgehead atoms. The van der Waals surface area contributed by atoms with E-state index in [1.807, 2.05) is 13.0 Å². The van der Waals surface area contributed by atoms with Crippen LogP contribution in [0.4, 0.5) is 5.82 Å². The highest BCUT2D eigenvalue weighted by molar-refractivity contribution is 14.1. The second kappa shape index (κ2) is 9.06. The quantitative estimate of drug-likeness (QED) is 0.377. The number of nitrogen functional groups attached to an aromatic ring is 1. The first kappa shape index (κ1) is 21.3. The Balaban J connectivity index is 1.72. The van der Waals surface area contributed by atoms with E-state index in [0.29, 0.717) is 33.6 Å². The Hall–Kier alpha value is -2.92. The molecule has 0 saturated carbocycles. The lowest BCUT2D eigenvalue weighted by Gasteiger charge is -2.28. The maximum Gasteiger partial charge on any atom is 0.256 e. The van der Waals surface area contributed by atoms with Crippen LogP contribution < -0.4 is 5.73 Å². The van der Waals surface area contributed by atoms with E-state index in [4.69, 9.17) is 17.3 Å². The molecule has 1 unspecified atom stereocenters. The molecule has 1 amide bonds. The zero-order chi connectivity index (χ0) is 22.0. The van der Waals surface area contributed by atoms with Gasteiger partial charge in [0.2, 0.25) is 0 Å². The summed E-state index contributed by atoms with van der Waals surface area (Å²) in [5, 5.41) is 1.26. The van der Waals surface area contributed by atoms with Crippen LogP contribution in [0.2, 0.25) is 5.02 Å². The minimum absolute atomic E-state index is 0.224. The van der Waals surface area contributed by atoms with Crippen molar-refractivity contribution in [1.29, 1.82) is 0 Å². The Morgan fingerprint density at radius 1 is 1.16 bits per heavy atom. The molecule has 0 fully saturated rings. The monoisotopic (exact) mass is 545 g/mol. The van der Waals surface area contributed by atoms with Gasteiger partial charge in [-0.2, -0.15) is 0 Å². The van der Waals surface area contributed by atoms with Crippen molar-refractivity contribution in [2.75, 3.05) is 5.73 Å². The number of fused-ring (bicyclic) bond motifs is 1. The summed E-state index contributed by atoms with van der Waals surface area (Å²) >= 11 is 8.06. The Kier molecular flexibility index (Phi) is 6.23. The van der Waals surface area contributed by atoms with E-state index in [9.17, 15) is 4.79 Å². The van der Waals surface area contributed by atoms with Crippen molar-refractivity contribution in [3.8, 4) is 0 Å². The van der Waals surface area contributed by atoms with Gasteiger partial charge in [0.1, 0.15) is 11.6 Å². The number of nitrogens with zero attached hydrogens (tertiary/aromatic N) is 6. The average Bonchev–Trinajstić information content (AvgIpc) is 2.79. The second-order valence-corrected chi connectivity index (χ2v) is 8.41. The van der Waals surface area contributed by atoms with Crippen LogP contribution >= 0.6 is 34.2 Å². The first-order chi connectivity index (χ1) is 14.9. The van der Waals surface area contributed by atoms with Gasteiger partial charge in [0, 0.05) is 30.2 Å². The molecular weight excluding hydrogens is 529 g/mol. The minimum Gasteiger partial charge on any atom is -0.383 e. The Labute approximate surface area is 197 Å². The largest absolute Gasteiger partial charge is 0.383 e. The summed E-state index contributed by atoms with van der Waals surface area (Å²) < 4.78 is 0.796. The average molecular weight is 546 g/mol. The predicted octanol–water partition coefficient (Wildman–Crippen LogP) is 4.06. The third-order valence-electron chi connectivity index (χ3n) is 4.70. The molecule has 0 aromatic carbocycles. The fourth-order valence-corrected chi connectivity index (χ4v) is 3.63. The maximum absolute atomic E-state index is 13.6. The van der Waals surface area contributed by atoms with Crippen LogP contribution in [0.5, 0.6) is 0 Å². The first-order valence-electron chi connectivity index (χ1n) is 9.32. The van der Waals surface area contributed by atoms with E-state index < -0.39 is 6.04 Å². The molecule has 4 aromatic heterocycles. The predicted molar refractivity (Wildman–Crippen MR) is 126 cm³/mol. The summed E-state index contributed by atoms with van der Waals surface area (Å²) in [6.07, 6.45) is 6.36. The van der Waals surface area contributed by atoms with Crippen LogP contribution in [0.25, 0.3) is 11.0 Å². The van der Waals surface area contributed by atoms with Gasteiger partial charge in [-0.1, -0.05) is 11.6 Å². The fraction of sp³-hybridized carbons (Fsp3) is 0.143. The van der Waals surface area contributed by atoms with E-state index in [1.54, 1.807) is 47.8 Å². The normalized spacial score (nSPS) is 12.0. The molecule has 1 atom stereocenters. The van der Waals surface area contributed by atoms with Crippen LogP contribution in [0.15, 0.2) is 55.1 Å². The van der Waals surface area contributed by atoms with Crippen molar-refractivity contribution >= 4 is 57.0 Å². The van der Waals surface area contributed by atoms with E-state index in [0.717, 1.165) is 8.96 Å². The molecule has 4 rings (SSSR count). The van der Waals surface area contributed by atoms with Gasteiger partial charge in [-0.05, 0) is 59.8 Å². The summed E-state index contributed by atoms with van der Waals surface area (Å²) in [7, 11) is 0. The number of hydrogen-bond donors (Lipinski definition) is 1. The van der Waals surface area contributed by atoms with Crippen molar-refractivity contribution in [3.63, 3.8) is 0 Å². The summed E-state index contributed by atoms with van der Waals surface area (Å²) in [5.74, 6) is 0.713. The van der Waals surface area contributed by atoms with E-state index in [1.165, 1.54) is 6.20 Å². The zero-order valence-corrected chi connectivity index (χ0v) is 19.3. The number of halogens is 2. The molecule has 8 nitrogen and oxygen atoms in total. The van der Waals surface area contributed by atoms with Gasteiger partial charge in [-0.3, -0.25) is 9.78 Å². The highest BCUT2D eigenvalue weighted by atomic mass is 127. The van der Waals surface area contributed by atoms with Gasteiger partial charge in [0.25, 0.3) is 5.91 Å². The number of carbonyl (C=O) groups is 1. The first-order valence-corrected chi connectivity index (χ1v) is 10.8. The number of nitrogens with two attached hydrogens (primary N) is 1. The molecule has 0 aliphatic rings. The molecule has 4 aromatic rings. The number of hydrogen-bond acceptors (Lipinski definition) is 7. The number of aromatic nitrogens is 5. The highest BCUT2D eigenvalue weighted by Crippen LogP contribution is 2.24. The molecule has 2 N–H and O–H groups in total. The van der Waals surface area contributed by atoms with Crippen LogP contribution in [0.1, 0.15) is 34.8 Å². The molecule has 0 spiro atoms. The van der Waals surface area contributed by atoms with Crippen LogP contribution in [0.3, 0.4) is 0 Å². The molecule has 10 heteroatoms. The second-order valence-electron chi connectivity index (χ2n) is 6.81. The smallest absolute Gasteiger partial charge is 0.256 e. The van der Waals surface area contributed by atoms with Crippen molar-refractivity contribution in [2.24, 2.45) is 0 Å². The number of anilines is 1. The molecule has 31 heavy (non-hydrogen) atoms. The van der Waals surface area contributed by atoms with Gasteiger partial charge in [-0.25, -0.2) is 19.9 Å². The van der Waals surface area contributed by atoms with Gasteiger partial charge in [0.05, 0.1) is 32.4 Å². The lowest BCUT2D eigenvalue weighted by atomic mass is 10.1. The van der Waals surface area contributed by atoms with Crippen LogP contribution in [0, 0.1) is 3.57 Å². The molecule has 156 valence electrons. The van der Waals surface area contributed by atoms with E-state index in [2.05, 4.69) is 47.5 Å². The summed E-state index contributed by atoms with van der Waals surface area (Å²) in [6.45, 7) is 2.13. The molecule has 4 heterocycles. The van der Waals surface area contributed by atoms with Gasteiger partial charge in [-0.15, -0.1) is 0 Å². The zero-order valence-electron chi connectivity index (χ0n) is 16.4. The summed E-state index contributed by atoms with van der Waals surface area (Å²) in [5.41, 5.74) is 7.47. The van der Waals surface area contributed by atoms with E-state index in [-0.39, 0.29) is 12.5 Å². The van der Waals surface area contributed by atoms with Crippen LogP contribution in [-0.2, 0) is 6.54 Å². The fourth-order valence-electron chi connectivity index (χ4n) is 3.06. The number of pyridine rings is 3. The lowest BCUT2D eigenvalue weighted by Crippen LogP contribution is -2.34. The van der Waals surface area contributed by atoms with Crippen molar-refractivity contribution in [2.45, 2.75) is 19.5 Å². The van der Waals surface area contributed by atoms with Gasteiger partial charge < -0.3 is 10.6 Å². The number of rotatable bonds is 5. The molecule has 0 radical (unpaired) electrons. The topological polar surface area (TPSA) is 111 Å². The SMILES string of the molecule is CC(c1ncccn1)N(Cc1ccc(Cl)cn1)C(=O)c1cnc2nc(N)c(I)cc2c1. The van der Waals surface area contributed by atoms with Gasteiger partial charge in [0.15, 0.2) is 5.65 Å².